The molecule has 0 aromatic heterocycles. The molecule has 1 atom stereocenters. The van der Waals surface area contributed by atoms with Gasteiger partial charge in [0.05, 0.1) is 17.4 Å². The second-order valence-electron chi connectivity index (χ2n) is 10.5. The monoisotopic (exact) mass is 513 g/mol. The molecule has 5 nitrogen and oxygen atoms in total. The summed E-state index contributed by atoms with van der Waals surface area (Å²) in [4.78, 5) is 31.1. The summed E-state index contributed by atoms with van der Waals surface area (Å²) in [6.07, 6.45) is 2.13. The molecule has 1 aliphatic carbocycles. The number of hydrogen-bond acceptors (Lipinski definition) is 4. The lowest BCUT2D eigenvalue weighted by Gasteiger charge is -2.37. The largest absolute Gasteiger partial charge is 0.357 e. The Morgan fingerprint density at radius 2 is 1.94 bits per heavy atom. The molecule has 0 spiro atoms. The highest BCUT2D eigenvalue weighted by molar-refractivity contribution is 6.35. The Kier molecular flexibility index (Phi) is 7.33. The average molecular weight is 514 g/mol. The van der Waals surface area contributed by atoms with Gasteiger partial charge in [0.15, 0.2) is 5.78 Å². The summed E-state index contributed by atoms with van der Waals surface area (Å²) in [6, 6.07) is 10.7. The van der Waals surface area contributed by atoms with Crippen molar-refractivity contribution in [1.29, 1.82) is 0 Å². The van der Waals surface area contributed by atoms with E-state index >= 15 is 0 Å². The Hall–Kier alpha value is -2.34. The zero-order valence-electron chi connectivity index (χ0n) is 21.0. The van der Waals surface area contributed by atoms with Crippen LogP contribution in [0.25, 0.3) is 0 Å². The molecule has 1 N–H and O–H groups in total. The van der Waals surface area contributed by atoms with Gasteiger partial charge in [-0.3, -0.25) is 14.5 Å². The van der Waals surface area contributed by atoms with Gasteiger partial charge < -0.3 is 10.2 Å². The van der Waals surface area contributed by atoms with Crippen molar-refractivity contribution in [3.05, 3.63) is 68.8 Å². The van der Waals surface area contributed by atoms with Crippen LogP contribution in [0.15, 0.2) is 47.7 Å². The first-order valence-corrected chi connectivity index (χ1v) is 12.9. The molecule has 2 aromatic rings. The van der Waals surface area contributed by atoms with E-state index in [4.69, 9.17) is 23.2 Å². The van der Waals surface area contributed by atoms with Crippen LogP contribution in [-0.2, 0) is 16.1 Å². The number of carbonyl (C=O) groups excluding carboxylic acids is 2. The zero-order valence-corrected chi connectivity index (χ0v) is 22.6. The summed E-state index contributed by atoms with van der Waals surface area (Å²) in [5, 5.41) is 4.53. The summed E-state index contributed by atoms with van der Waals surface area (Å²) in [6.45, 7) is 9.51. The van der Waals surface area contributed by atoms with Gasteiger partial charge in [-0.25, -0.2) is 0 Å². The van der Waals surface area contributed by atoms with E-state index in [1.165, 1.54) is 0 Å². The molecule has 1 aliphatic heterocycles. The Morgan fingerprint density at radius 1 is 1.20 bits per heavy atom. The third-order valence-corrected chi connectivity index (χ3v) is 7.30. The number of carbonyl (C=O) groups is 2. The van der Waals surface area contributed by atoms with Crippen molar-refractivity contribution in [1.82, 2.24) is 4.90 Å². The second-order valence-corrected chi connectivity index (χ2v) is 11.3. The highest BCUT2D eigenvalue weighted by atomic mass is 35.5. The summed E-state index contributed by atoms with van der Waals surface area (Å²) in [5.41, 5.74) is 4.59. The van der Waals surface area contributed by atoms with Crippen molar-refractivity contribution in [2.75, 3.05) is 23.8 Å². The lowest BCUT2D eigenvalue weighted by molar-refractivity contribution is -0.118. The molecule has 2 aromatic carbocycles. The van der Waals surface area contributed by atoms with Gasteiger partial charge in [-0.1, -0.05) is 62.2 Å². The quantitative estimate of drug-likeness (QED) is 0.467. The van der Waals surface area contributed by atoms with Crippen molar-refractivity contribution in [3.63, 3.8) is 0 Å². The minimum Gasteiger partial charge on any atom is -0.357 e. The maximum Gasteiger partial charge on any atom is 0.224 e. The predicted octanol–water partition coefficient (Wildman–Crippen LogP) is 7.00. The van der Waals surface area contributed by atoms with Crippen LogP contribution >= 0.6 is 23.2 Å². The number of halogens is 2. The van der Waals surface area contributed by atoms with Crippen molar-refractivity contribution in [2.45, 2.75) is 59.5 Å². The van der Waals surface area contributed by atoms with Gasteiger partial charge in [-0.2, -0.15) is 0 Å². The van der Waals surface area contributed by atoms with E-state index < -0.39 is 6.04 Å². The van der Waals surface area contributed by atoms with E-state index in [1.807, 2.05) is 18.2 Å². The number of para-hydroxylation sites is 1. The lowest BCUT2D eigenvalue weighted by Crippen LogP contribution is -2.39. The highest BCUT2D eigenvalue weighted by Crippen LogP contribution is 2.50. The zero-order chi connectivity index (χ0) is 25.5. The summed E-state index contributed by atoms with van der Waals surface area (Å²) in [5.74, 6) is -0.121. The van der Waals surface area contributed by atoms with E-state index in [-0.39, 0.29) is 17.1 Å². The molecular formula is C28H33Cl2N3O2. The molecule has 0 bridgehead atoms. The molecule has 1 heterocycles. The smallest absolute Gasteiger partial charge is 0.224 e. The van der Waals surface area contributed by atoms with Crippen LogP contribution in [-0.4, -0.2) is 30.2 Å². The fourth-order valence-electron chi connectivity index (χ4n) is 5.40. The molecule has 0 radical (unpaired) electrons. The van der Waals surface area contributed by atoms with Gasteiger partial charge in [0.25, 0.3) is 0 Å². The van der Waals surface area contributed by atoms with Gasteiger partial charge in [-0.15, -0.1) is 0 Å². The van der Waals surface area contributed by atoms with Crippen LogP contribution in [0.4, 0.5) is 11.4 Å². The van der Waals surface area contributed by atoms with E-state index in [9.17, 15) is 9.59 Å². The number of nitrogens with zero attached hydrogens (tertiary/aromatic N) is 2. The summed E-state index contributed by atoms with van der Waals surface area (Å²) >= 11 is 13.0. The number of amides is 1. The Morgan fingerprint density at radius 3 is 2.60 bits per heavy atom. The topological polar surface area (TPSA) is 52.7 Å². The third kappa shape index (κ3) is 5.13. The van der Waals surface area contributed by atoms with Gasteiger partial charge in [-0.05, 0) is 61.2 Å². The molecule has 186 valence electrons. The molecule has 7 heteroatoms. The standard InChI is InChI=1S/C28H33Cl2N3O2/c1-6-12-32(5)16-18-8-7-9-22-26(18)33(17(2)34)27(20-11-10-19(29)13-21(20)30)25-23(31-22)14-28(3,4)15-24(25)35/h7-11,13,27,31H,6,12,14-16H2,1-5H3. The Bertz CT molecular complexity index is 1200. The maximum atomic E-state index is 13.7. The van der Waals surface area contributed by atoms with Crippen molar-refractivity contribution < 1.29 is 9.59 Å². The second kappa shape index (κ2) is 9.96. The number of anilines is 2. The molecule has 1 unspecified atom stereocenters. The number of Topliss-reactive ketones (excluding diaryl/α,β-unsaturated/α-hetero) is 1. The molecule has 35 heavy (non-hydrogen) atoms. The van der Waals surface area contributed by atoms with Gasteiger partial charge in [0.1, 0.15) is 0 Å². The lowest BCUT2D eigenvalue weighted by atomic mass is 9.73. The normalized spacial score (nSPS) is 19.3. The van der Waals surface area contributed by atoms with Gasteiger partial charge >= 0.3 is 0 Å². The van der Waals surface area contributed by atoms with E-state index in [0.29, 0.717) is 40.6 Å². The van der Waals surface area contributed by atoms with E-state index in [1.54, 1.807) is 24.0 Å². The van der Waals surface area contributed by atoms with Gasteiger partial charge in [0, 0.05) is 41.2 Å². The highest BCUT2D eigenvalue weighted by Gasteiger charge is 2.43. The number of fused-ring (bicyclic) bond motifs is 1. The minimum absolute atomic E-state index is 0.0310. The van der Waals surface area contributed by atoms with Crippen LogP contribution < -0.4 is 10.2 Å². The number of ketones is 1. The summed E-state index contributed by atoms with van der Waals surface area (Å²) in [7, 11) is 2.08. The van der Waals surface area contributed by atoms with Crippen LogP contribution in [0, 0.1) is 5.41 Å². The van der Waals surface area contributed by atoms with Crippen LogP contribution in [0.2, 0.25) is 10.0 Å². The summed E-state index contributed by atoms with van der Waals surface area (Å²) < 4.78 is 0. The number of hydrogen-bond donors (Lipinski definition) is 1. The number of rotatable bonds is 5. The average Bonchev–Trinajstić information content (AvgIpc) is 2.88. The van der Waals surface area contributed by atoms with Gasteiger partial charge in [0.2, 0.25) is 5.91 Å². The molecule has 0 saturated heterocycles. The SMILES string of the molecule is CCCN(C)Cc1cccc2c1N(C(C)=O)C(c1ccc(Cl)cc1Cl)C1=C(CC(C)(C)CC1=O)N2. The fraction of sp³-hybridized carbons (Fsp3) is 0.429. The molecule has 2 aliphatic rings. The molecule has 0 saturated carbocycles. The van der Waals surface area contributed by atoms with Crippen molar-refractivity contribution in [2.24, 2.45) is 5.41 Å². The third-order valence-electron chi connectivity index (χ3n) is 6.74. The first-order chi connectivity index (χ1) is 16.5. The number of nitrogens with one attached hydrogen (secondary N) is 1. The van der Waals surface area contributed by atoms with E-state index in [2.05, 4.69) is 44.1 Å². The Balaban J connectivity index is 2.00. The van der Waals surface area contributed by atoms with Crippen LogP contribution in [0.5, 0.6) is 0 Å². The molecule has 4 rings (SSSR count). The molecule has 0 fully saturated rings. The first kappa shape index (κ1) is 25.7. The maximum absolute atomic E-state index is 13.7. The van der Waals surface area contributed by atoms with Crippen LogP contribution in [0.1, 0.15) is 64.1 Å². The minimum atomic E-state index is -0.651. The number of allylic oxidation sites excluding steroid dienone is 1. The first-order valence-electron chi connectivity index (χ1n) is 12.1. The predicted molar refractivity (Wildman–Crippen MR) is 144 cm³/mol. The molecular weight excluding hydrogens is 481 g/mol. The number of benzene rings is 2. The fourth-order valence-corrected chi connectivity index (χ4v) is 5.91. The Labute approximate surface area is 218 Å². The van der Waals surface area contributed by atoms with Crippen LogP contribution in [0.3, 0.4) is 0 Å². The van der Waals surface area contributed by atoms with Crippen molar-refractivity contribution in [3.8, 4) is 0 Å². The van der Waals surface area contributed by atoms with Crippen molar-refractivity contribution >= 4 is 46.3 Å². The van der Waals surface area contributed by atoms with E-state index in [0.717, 1.165) is 35.6 Å². The molecule has 1 amide bonds.